The molecular formula is C49H29N5O2. The number of furan rings is 2. The van der Waals surface area contributed by atoms with E-state index < -0.39 is 0 Å². The molecule has 7 aromatic carbocycles. The summed E-state index contributed by atoms with van der Waals surface area (Å²) in [5.41, 5.74) is 10.8. The van der Waals surface area contributed by atoms with Crippen molar-refractivity contribution in [3.63, 3.8) is 0 Å². The van der Waals surface area contributed by atoms with E-state index in [0.29, 0.717) is 40.0 Å². The van der Waals surface area contributed by atoms with Crippen LogP contribution in [0.25, 0.3) is 112 Å². The third kappa shape index (κ3) is 5.33. The first-order chi connectivity index (χ1) is 27.7. The first-order valence-electron chi connectivity index (χ1n) is 18.4. The zero-order valence-corrected chi connectivity index (χ0v) is 29.8. The lowest BCUT2D eigenvalue weighted by Gasteiger charge is -2.10. The lowest BCUT2D eigenvalue weighted by atomic mass is 10.0. The molecule has 0 bridgehead atoms. The molecule has 0 unspecified atom stereocenters. The number of rotatable bonds is 6. The summed E-state index contributed by atoms with van der Waals surface area (Å²) in [5, 5.41) is 2.75. The van der Waals surface area contributed by atoms with Crippen LogP contribution in [0.15, 0.2) is 185 Å². The summed E-state index contributed by atoms with van der Waals surface area (Å²) in [5.74, 6) is 2.24. The SMILES string of the molecule is c1ccc(-c2cccc(-c3nc(-c4ccccc4)nc(-c4cccc5c4oc4cccc(-c6nc(-c7ccccc7)c7oc8ccccc8c7n6)c45)n3)c2)cc1. The highest BCUT2D eigenvalue weighted by Gasteiger charge is 2.23. The second-order valence-electron chi connectivity index (χ2n) is 13.6. The van der Waals surface area contributed by atoms with Crippen molar-refractivity contribution in [3.8, 4) is 67.9 Å². The average molecular weight is 720 g/mol. The quantitative estimate of drug-likeness (QED) is 0.169. The molecule has 11 aromatic rings. The molecule has 0 saturated carbocycles. The van der Waals surface area contributed by atoms with Gasteiger partial charge in [-0.2, -0.15) is 0 Å². The summed E-state index contributed by atoms with van der Waals surface area (Å²) in [6.45, 7) is 0. The van der Waals surface area contributed by atoms with Crippen molar-refractivity contribution >= 4 is 44.0 Å². The van der Waals surface area contributed by atoms with E-state index in [1.54, 1.807) is 0 Å². The minimum atomic E-state index is 0.513. The molecule has 0 fully saturated rings. The zero-order valence-electron chi connectivity index (χ0n) is 29.8. The number of para-hydroxylation sites is 2. The molecule has 11 rings (SSSR count). The largest absolute Gasteiger partial charge is 0.455 e. The standard InChI is InChI=1S/C49H29N5O2/c1-4-15-30(16-5-1)33-21-12-22-34(29-33)47-52-46(32-19-8-3-9-20-32)53-49(54-47)38-26-13-24-36-41-37(25-14-28-40(41)56-44(36)38)48-50-42(31-17-6-2-7-18-31)45-43(51-48)35-23-10-11-27-39(35)55-45/h1-29H. The molecule has 56 heavy (non-hydrogen) atoms. The third-order valence-corrected chi connectivity index (χ3v) is 10.2. The van der Waals surface area contributed by atoms with E-state index in [1.165, 1.54) is 0 Å². The van der Waals surface area contributed by atoms with Crippen LogP contribution in [0.2, 0.25) is 0 Å². The first kappa shape index (κ1) is 31.7. The molecule has 7 heteroatoms. The summed E-state index contributed by atoms with van der Waals surface area (Å²) >= 11 is 0. The van der Waals surface area contributed by atoms with Crippen LogP contribution in [0, 0.1) is 0 Å². The number of hydrogen-bond acceptors (Lipinski definition) is 7. The highest BCUT2D eigenvalue weighted by atomic mass is 16.3. The Balaban J connectivity index is 1.12. The smallest absolute Gasteiger partial charge is 0.180 e. The van der Waals surface area contributed by atoms with E-state index in [-0.39, 0.29) is 0 Å². The molecule has 0 atom stereocenters. The van der Waals surface area contributed by atoms with E-state index in [0.717, 1.165) is 71.9 Å². The number of aromatic nitrogens is 5. The number of benzene rings is 7. The lowest BCUT2D eigenvalue weighted by Crippen LogP contribution is -2.00. The molecule has 7 nitrogen and oxygen atoms in total. The zero-order chi connectivity index (χ0) is 37.0. The van der Waals surface area contributed by atoms with Crippen molar-refractivity contribution in [2.45, 2.75) is 0 Å². The van der Waals surface area contributed by atoms with Gasteiger partial charge in [0.25, 0.3) is 0 Å². The van der Waals surface area contributed by atoms with E-state index in [1.807, 2.05) is 140 Å². The van der Waals surface area contributed by atoms with Gasteiger partial charge in [-0.05, 0) is 41.5 Å². The Morgan fingerprint density at radius 1 is 0.321 bits per heavy atom. The van der Waals surface area contributed by atoms with Gasteiger partial charge in [-0.25, -0.2) is 24.9 Å². The van der Waals surface area contributed by atoms with Crippen LogP contribution >= 0.6 is 0 Å². The minimum absolute atomic E-state index is 0.513. The molecule has 0 saturated heterocycles. The Morgan fingerprint density at radius 2 is 0.857 bits per heavy atom. The Kier molecular flexibility index (Phi) is 7.35. The topological polar surface area (TPSA) is 90.7 Å². The van der Waals surface area contributed by atoms with E-state index in [4.69, 9.17) is 33.8 Å². The van der Waals surface area contributed by atoms with Gasteiger partial charge in [0.15, 0.2) is 28.9 Å². The molecule has 0 amide bonds. The summed E-state index contributed by atoms with van der Waals surface area (Å²) in [7, 11) is 0. The van der Waals surface area contributed by atoms with Crippen LogP contribution in [-0.4, -0.2) is 24.9 Å². The molecule has 0 aliphatic rings. The lowest BCUT2D eigenvalue weighted by molar-refractivity contribution is 0.667. The van der Waals surface area contributed by atoms with Crippen LogP contribution in [0.1, 0.15) is 0 Å². The predicted octanol–water partition coefficient (Wildman–Crippen LogP) is 12.5. The van der Waals surface area contributed by atoms with Crippen LogP contribution < -0.4 is 0 Å². The monoisotopic (exact) mass is 719 g/mol. The molecule has 0 aliphatic carbocycles. The van der Waals surface area contributed by atoms with Crippen molar-refractivity contribution in [2.75, 3.05) is 0 Å². The summed E-state index contributed by atoms with van der Waals surface area (Å²) in [4.78, 5) is 25.6. The van der Waals surface area contributed by atoms with Crippen molar-refractivity contribution in [1.82, 2.24) is 24.9 Å². The van der Waals surface area contributed by atoms with Gasteiger partial charge < -0.3 is 8.83 Å². The molecular weight excluding hydrogens is 691 g/mol. The Hall–Kier alpha value is -7.77. The maximum Gasteiger partial charge on any atom is 0.180 e. The molecule has 4 aromatic heterocycles. The molecule has 262 valence electrons. The van der Waals surface area contributed by atoms with Gasteiger partial charge in [-0.3, -0.25) is 0 Å². The fraction of sp³-hybridized carbons (Fsp3) is 0. The number of fused-ring (bicyclic) bond motifs is 6. The predicted molar refractivity (Wildman–Crippen MR) is 223 cm³/mol. The van der Waals surface area contributed by atoms with E-state index in [2.05, 4.69) is 36.4 Å². The van der Waals surface area contributed by atoms with Crippen LogP contribution in [0.5, 0.6) is 0 Å². The van der Waals surface area contributed by atoms with Gasteiger partial charge in [0.05, 0.1) is 5.56 Å². The Morgan fingerprint density at radius 3 is 1.66 bits per heavy atom. The highest BCUT2D eigenvalue weighted by molar-refractivity contribution is 6.15. The average Bonchev–Trinajstić information content (AvgIpc) is 3.86. The number of hydrogen-bond donors (Lipinski definition) is 0. The molecule has 0 radical (unpaired) electrons. The van der Waals surface area contributed by atoms with E-state index in [9.17, 15) is 0 Å². The fourth-order valence-corrected chi connectivity index (χ4v) is 7.52. The normalized spacial score (nSPS) is 11.6. The minimum Gasteiger partial charge on any atom is -0.455 e. The summed E-state index contributed by atoms with van der Waals surface area (Å²) in [6, 6.07) is 58.8. The van der Waals surface area contributed by atoms with Crippen molar-refractivity contribution in [1.29, 1.82) is 0 Å². The van der Waals surface area contributed by atoms with Gasteiger partial charge in [0, 0.05) is 38.4 Å². The summed E-state index contributed by atoms with van der Waals surface area (Å²) in [6.07, 6.45) is 0. The Labute approximate surface area is 320 Å². The van der Waals surface area contributed by atoms with Gasteiger partial charge in [-0.15, -0.1) is 0 Å². The van der Waals surface area contributed by atoms with Crippen LogP contribution in [0.3, 0.4) is 0 Å². The highest BCUT2D eigenvalue weighted by Crippen LogP contribution is 2.42. The molecule has 0 N–H and O–H groups in total. The Bertz CT molecular complexity index is 3250. The van der Waals surface area contributed by atoms with Gasteiger partial charge in [-0.1, -0.05) is 146 Å². The van der Waals surface area contributed by atoms with Crippen molar-refractivity contribution in [2.24, 2.45) is 0 Å². The van der Waals surface area contributed by atoms with Crippen LogP contribution in [-0.2, 0) is 0 Å². The second-order valence-corrected chi connectivity index (χ2v) is 13.6. The van der Waals surface area contributed by atoms with Crippen molar-refractivity contribution < 1.29 is 8.83 Å². The maximum atomic E-state index is 6.75. The van der Waals surface area contributed by atoms with Gasteiger partial charge in [0.1, 0.15) is 28.0 Å². The first-order valence-corrected chi connectivity index (χ1v) is 18.4. The third-order valence-electron chi connectivity index (χ3n) is 10.2. The molecule has 0 aliphatic heterocycles. The fourth-order valence-electron chi connectivity index (χ4n) is 7.52. The second kappa shape index (κ2) is 13.0. The van der Waals surface area contributed by atoms with Gasteiger partial charge in [0.2, 0.25) is 0 Å². The maximum absolute atomic E-state index is 6.75. The van der Waals surface area contributed by atoms with Crippen molar-refractivity contribution in [3.05, 3.63) is 176 Å². The number of nitrogens with zero attached hydrogens (tertiary/aromatic N) is 5. The van der Waals surface area contributed by atoms with E-state index >= 15 is 0 Å². The molecule has 0 spiro atoms. The van der Waals surface area contributed by atoms with Crippen LogP contribution in [0.4, 0.5) is 0 Å². The summed E-state index contributed by atoms with van der Waals surface area (Å²) < 4.78 is 13.1. The molecule has 4 heterocycles. The van der Waals surface area contributed by atoms with Gasteiger partial charge >= 0.3 is 0 Å².